The minimum absolute atomic E-state index is 0.160. The summed E-state index contributed by atoms with van der Waals surface area (Å²) in [5, 5.41) is 8.75. The van der Waals surface area contributed by atoms with Crippen LogP contribution in [-0.4, -0.2) is 23.1 Å². The number of hydrogen-bond acceptors (Lipinski definition) is 4. The summed E-state index contributed by atoms with van der Waals surface area (Å²) >= 11 is 0. The quantitative estimate of drug-likeness (QED) is 0.592. The molecule has 1 atom stereocenters. The number of nitrogens with two attached hydrogens (primary N) is 1. The van der Waals surface area contributed by atoms with Crippen LogP contribution in [-0.2, 0) is 20.7 Å². The topological polar surface area (TPSA) is 89.6 Å². The molecule has 0 aliphatic heterocycles. The molecule has 0 aromatic heterocycles. The van der Waals surface area contributed by atoms with Crippen LogP contribution in [0.5, 0.6) is 0 Å². The number of carbonyl (C=O) groups is 2. The number of rotatable bonds is 6. The van der Waals surface area contributed by atoms with E-state index in [0.29, 0.717) is 12.1 Å². The molecule has 5 nitrogen and oxygen atoms in total. The summed E-state index contributed by atoms with van der Waals surface area (Å²) in [7, 11) is 0. The van der Waals surface area contributed by atoms with E-state index in [4.69, 9.17) is 15.6 Å². The molecule has 0 saturated heterocycles. The molecule has 0 aliphatic rings. The van der Waals surface area contributed by atoms with Gasteiger partial charge in [-0.05, 0) is 30.5 Å². The monoisotopic (exact) mass is 251 g/mol. The van der Waals surface area contributed by atoms with Crippen LogP contribution in [0.2, 0.25) is 0 Å². The van der Waals surface area contributed by atoms with Crippen LogP contribution in [0.25, 0.3) is 0 Å². The van der Waals surface area contributed by atoms with E-state index >= 15 is 0 Å². The van der Waals surface area contributed by atoms with Crippen molar-refractivity contribution >= 4 is 17.6 Å². The lowest BCUT2D eigenvalue weighted by atomic mass is 10.1. The van der Waals surface area contributed by atoms with Crippen LogP contribution >= 0.6 is 0 Å². The number of hydrogen-bond donors (Lipinski definition) is 2. The van der Waals surface area contributed by atoms with Crippen molar-refractivity contribution < 1.29 is 19.4 Å². The third-order valence-electron chi connectivity index (χ3n) is 2.52. The molecule has 1 rings (SSSR count). The van der Waals surface area contributed by atoms with Crippen molar-refractivity contribution in [2.45, 2.75) is 32.3 Å². The molecule has 0 fully saturated rings. The number of nitrogen functional groups attached to an aromatic ring is 1. The zero-order chi connectivity index (χ0) is 13.5. The van der Waals surface area contributed by atoms with Crippen LogP contribution in [0.15, 0.2) is 24.3 Å². The van der Waals surface area contributed by atoms with E-state index in [0.717, 1.165) is 5.56 Å². The number of carboxylic acids is 1. The maximum absolute atomic E-state index is 11.4. The summed E-state index contributed by atoms with van der Waals surface area (Å²) < 4.78 is 4.84. The van der Waals surface area contributed by atoms with Gasteiger partial charge in [-0.25, -0.2) is 4.79 Å². The van der Waals surface area contributed by atoms with E-state index in [1.54, 1.807) is 19.1 Å². The number of carboxylic acid groups (broad SMARTS) is 1. The van der Waals surface area contributed by atoms with Crippen molar-refractivity contribution in [2.24, 2.45) is 0 Å². The molecule has 1 aromatic rings. The number of ether oxygens (including phenoxy) is 1. The van der Waals surface area contributed by atoms with Crippen LogP contribution in [0.1, 0.15) is 25.3 Å². The third-order valence-corrected chi connectivity index (χ3v) is 2.52. The minimum atomic E-state index is -1.11. The summed E-state index contributed by atoms with van der Waals surface area (Å²) in [4.78, 5) is 22.1. The molecule has 0 saturated carbocycles. The molecule has 0 bridgehead atoms. The molecule has 18 heavy (non-hydrogen) atoms. The van der Waals surface area contributed by atoms with Crippen molar-refractivity contribution in [1.82, 2.24) is 0 Å². The fourth-order valence-corrected chi connectivity index (χ4v) is 1.46. The van der Waals surface area contributed by atoms with E-state index < -0.39 is 18.0 Å². The molecular formula is C13H17NO4. The highest BCUT2D eigenvalue weighted by Gasteiger charge is 2.19. The van der Waals surface area contributed by atoms with Gasteiger partial charge in [-0.1, -0.05) is 19.1 Å². The first-order valence-electron chi connectivity index (χ1n) is 5.79. The summed E-state index contributed by atoms with van der Waals surface area (Å²) in [5.41, 5.74) is 7.17. The molecule has 0 radical (unpaired) electrons. The van der Waals surface area contributed by atoms with Crippen molar-refractivity contribution in [3.63, 3.8) is 0 Å². The molecule has 0 spiro atoms. The standard InChI is InChI=1S/C13H17NO4/c1-2-11(13(16)17)18-12(15)8-5-9-3-6-10(14)7-4-9/h3-4,6-7,11H,2,5,8,14H2,1H3,(H,16,17). The van der Waals surface area contributed by atoms with Crippen LogP contribution in [0, 0.1) is 0 Å². The Morgan fingerprint density at radius 1 is 1.33 bits per heavy atom. The minimum Gasteiger partial charge on any atom is -0.479 e. The Hall–Kier alpha value is -2.04. The molecular weight excluding hydrogens is 234 g/mol. The predicted octanol–water partition coefficient (Wildman–Crippen LogP) is 1.61. The van der Waals surface area contributed by atoms with E-state index in [9.17, 15) is 9.59 Å². The summed E-state index contributed by atoms with van der Waals surface area (Å²) in [5.74, 6) is -1.61. The van der Waals surface area contributed by atoms with Crippen molar-refractivity contribution in [3.8, 4) is 0 Å². The fraction of sp³-hybridized carbons (Fsp3) is 0.385. The van der Waals surface area contributed by atoms with E-state index in [1.807, 2.05) is 12.1 Å². The molecule has 0 amide bonds. The van der Waals surface area contributed by atoms with Gasteiger partial charge in [-0.2, -0.15) is 0 Å². The zero-order valence-corrected chi connectivity index (χ0v) is 10.3. The Kier molecular flexibility index (Phi) is 5.17. The second-order valence-electron chi connectivity index (χ2n) is 3.97. The fourth-order valence-electron chi connectivity index (χ4n) is 1.46. The van der Waals surface area contributed by atoms with E-state index in [2.05, 4.69) is 0 Å². The van der Waals surface area contributed by atoms with Gasteiger partial charge in [-0.15, -0.1) is 0 Å². The molecule has 3 N–H and O–H groups in total. The molecule has 0 aliphatic carbocycles. The van der Waals surface area contributed by atoms with Gasteiger partial charge in [0.15, 0.2) is 6.10 Å². The molecule has 0 heterocycles. The van der Waals surface area contributed by atoms with E-state index in [1.165, 1.54) is 0 Å². The summed E-state index contributed by atoms with van der Waals surface area (Å²) in [6, 6.07) is 7.17. The lowest BCUT2D eigenvalue weighted by molar-refractivity contribution is -0.164. The first kappa shape index (κ1) is 14.0. The van der Waals surface area contributed by atoms with Crippen molar-refractivity contribution in [1.29, 1.82) is 0 Å². The Labute approximate surface area is 106 Å². The second kappa shape index (κ2) is 6.64. The third kappa shape index (κ3) is 4.45. The molecule has 98 valence electrons. The second-order valence-corrected chi connectivity index (χ2v) is 3.97. The van der Waals surface area contributed by atoms with Gasteiger partial charge in [0.2, 0.25) is 0 Å². The van der Waals surface area contributed by atoms with Gasteiger partial charge in [0, 0.05) is 12.1 Å². The first-order chi connectivity index (χ1) is 8.52. The number of carbonyl (C=O) groups excluding carboxylic acids is 1. The normalized spacial score (nSPS) is 11.8. The first-order valence-corrected chi connectivity index (χ1v) is 5.79. The number of aliphatic carboxylic acids is 1. The number of anilines is 1. The Morgan fingerprint density at radius 2 is 1.94 bits per heavy atom. The maximum Gasteiger partial charge on any atom is 0.345 e. The van der Waals surface area contributed by atoms with Gasteiger partial charge < -0.3 is 15.6 Å². The lowest BCUT2D eigenvalue weighted by Gasteiger charge is -2.11. The van der Waals surface area contributed by atoms with E-state index in [-0.39, 0.29) is 12.8 Å². The maximum atomic E-state index is 11.4. The highest BCUT2D eigenvalue weighted by molar-refractivity contribution is 5.78. The van der Waals surface area contributed by atoms with Gasteiger partial charge in [0.05, 0.1) is 0 Å². The SMILES string of the molecule is CCC(OC(=O)CCc1ccc(N)cc1)C(=O)O. The zero-order valence-electron chi connectivity index (χ0n) is 10.3. The molecule has 1 unspecified atom stereocenters. The number of aryl methyl sites for hydroxylation is 1. The largest absolute Gasteiger partial charge is 0.479 e. The van der Waals surface area contributed by atoms with Crippen LogP contribution in [0.4, 0.5) is 5.69 Å². The lowest BCUT2D eigenvalue weighted by Crippen LogP contribution is -2.26. The highest BCUT2D eigenvalue weighted by Crippen LogP contribution is 2.09. The Bertz CT molecular complexity index is 414. The smallest absolute Gasteiger partial charge is 0.345 e. The van der Waals surface area contributed by atoms with Gasteiger partial charge >= 0.3 is 11.9 Å². The Morgan fingerprint density at radius 3 is 2.44 bits per heavy atom. The Balaban J connectivity index is 2.41. The van der Waals surface area contributed by atoms with Crippen molar-refractivity contribution in [2.75, 3.05) is 5.73 Å². The summed E-state index contributed by atoms with van der Waals surface area (Å²) in [6.07, 6.45) is -0.116. The predicted molar refractivity (Wildman–Crippen MR) is 67.0 cm³/mol. The summed E-state index contributed by atoms with van der Waals surface area (Å²) in [6.45, 7) is 1.66. The van der Waals surface area contributed by atoms with Crippen LogP contribution < -0.4 is 5.73 Å². The van der Waals surface area contributed by atoms with Gasteiger partial charge in [0.25, 0.3) is 0 Å². The average Bonchev–Trinajstić information content (AvgIpc) is 2.35. The molecule has 5 heteroatoms. The number of benzene rings is 1. The van der Waals surface area contributed by atoms with Gasteiger partial charge in [0.1, 0.15) is 0 Å². The molecule has 1 aromatic carbocycles. The van der Waals surface area contributed by atoms with Gasteiger partial charge in [-0.3, -0.25) is 4.79 Å². The van der Waals surface area contributed by atoms with Crippen molar-refractivity contribution in [3.05, 3.63) is 29.8 Å². The number of esters is 1. The highest BCUT2D eigenvalue weighted by atomic mass is 16.6. The van der Waals surface area contributed by atoms with Crippen LogP contribution in [0.3, 0.4) is 0 Å². The average molecular weight is 251 g/mol.